The zero-order chi connectivity index (χ0) is 18.2. The molecule has 1 amide bonds. The van der Waals surface area contributed by atoms with Gasteiger partial charge in [-0.05, 0) is 30.4 Å². The van der Waals surface area contributed by atoms with Crippen LogP contribution >= 0.6 is 0 Å². The number of rotatable bonds is 8. The second kappa shape index (κ2) is 8.99. The lowest BCUT2D eigenvalue weighted by atomic mass is 10.0. The van der Waals surface area contributed by atoms with E-state index in [0.29, 0.717) is 13.0 Å². The van der Waals surface area contributed by atoms with Crippen molar-refractivity contribution < 1.29 is 14.3 Å². The molecule has 0 atom stereocenters. The first kappa shape index (κ1) is 17.9. The van der Waals surface area contributed by atoms with Gasteiger partial charge in [0.1, 0.15) is 6.61 Å². The highest BCUT2D eigenvalue weighted by Crippen LogP contribution is 2.32. The average Bonchev–Trinajstić information content (AvgIpc) is 3.52. The minimum absolute atomic E-state index is 0.254. The summed E-state index contributed by atoms with van der Waals surface area (Å²) in [6, 6.07) is 17.3. The fourth-order valence-corrected chi connectivity index (χ4v) is 2.59. The molecule has 0 unspecified atom stereocenters. The molecular weight excluding hydrogens is 326 g/mol. The van der Waals surface area contributed by atoms with Crippen molar-refractivity contribution in [1.29, 1.82) is 0 Å². The summed E-state index contributed by atoms with van der Waals surface area (Å²) in [6.07, 6.45) is 6.34. The van der Waals surface area contributed by atoms with E-state index < -0.39 is 6.09 Å². The van der Waals surface area contributed by atoms with Gasteiger partial charge in [0, 0.05) is 18.0 Å². The van der Waals surface area contributed by atoms with Crippen molar-refractivity contribution in [3.05, 3.63) is 77.4 Å². The Hall–Kier alpha value is -2.88. The van der Waals surface area contributed by atoms with Crippen molar-refractivity contribution in [2.45, 2.75) is 25.9 Å². The van der Waals surface area contributed by atoms with Gasteiger partial charge in [0.2, 0.25) is 0 Å². The summed E-state index contributed by atoms with van der Waals surface area (Å²) < 4.78 is 5.15. The molecule has 1 aliphatic rings. The number of benzene rings is 2. The van der Waals surface area contributed by atoms with E-state index in [1.165, 1.54) is 0 Å². The fraction of sp³-hybridized carbons (Fsp3) is 0.273. The first-order valence-corrected chi connectivity index (χ1v) is 8.98. The van der Waals surface area contributed by atoms with Crippen molar-refractivity contribution in [2.75, 3.05) is 6.54 Å². The molecule has 1 aliphatic carbocycles. The van der Waals surface area contributed by atoms with Crippen LogP contribution in [0.25, 0.3) is 6.08 Å². The number of hydrogen-bond acceptors (Lipinski definition) is 3. The Labute approximate surface area is 153 Å². The van der Waals surface area contributed by atoms with Crippen LogP contribution in [-0.2, 0) is 11.3 Å². The molecule has 134 valence electrons. The SMILES string of the molecule is O=C(NCCC=Cc1ccc(C(=O)C2CC2)cc1)OCc1ccccc1. The maximum atomic E-state index is 12.0. The van der Waals surface area contributed by atoms with Gasteiger partial charge in [-0.2, -0.15) is 0 Å². The Bertz CT molecular complexity index is 762. The quantitative estimate of drug-likeness (QED) is 0.559. The number of hydrogen-bond donors (Lipinski definition) is 1. The van der Waals surface area contributed by atoms with E-state index in [0.717, 1.165) is 29.5 Å². The molecule has 3 rings (SSSR count). The third-order valence-corrected chi connectivity index (χ3v) is 4.25. The van der Waals surface area contributed by atoms with Gasteiger partial charge < -0.3 is 10.1 Å². The number of ketones is 1. The lowest BCUT2D eigenvalue weighted by Crippen LogP contribution is -2.24. The third kappa shape index (κ3) is 5.59. The van der Waals surface area contributed by atoms with Gasteiger partial charge >= 0.3 is 6.09 Å². The van der Waals surface area contributed by atoms with Crippen molar-refractivity contribution in [1.82, 2.24) is 5.32 Å². The minimum Gasteiger partial charge on any atom is -0.445 e. The molecule has 0 spiro atoms. The van der Waals surface area contributed by atoms with Crippen LogP contribution in [0.1, 0.15) is 40.7 Å². The highest BCUT2D eigenvalue weighted by atomic mass is 16.5. The van der Waals surface area contributed by atoms with Gasteiger partial charge in [0.15, 0.2) is 5.78 Å². The van der Waals surface area contributed by atoms with E-state index in [-0.39, 0.29) is 18.3 Å². The molecule has 0 saturated heterocycles. The van der Waals surface area contributed by atoms with E-state index >= 15 is 0 Å². The number of carbonyl (C=O) groups is 2. The summed E-state index contributed by atoms with van der Waals surface area (Å²) >= 11 is 0. The molecule has 26 heavy (non-hydrogen) atoms. The fourth-order valence-electron chi connectivity index (χ4n) is 2.59. The van der Waals surface area contributed by atoms with Crippen LogP contribution < -0.4 is 5.32 Å². The molecule has 0 aliphatic heterocycles. The lowest BCUT2D eigenvalue weighted by molar-refractivity contribution is 0.0967. The summed E-state index contributed by atoms with van der Waals surface area (Å²) in [5.74, 6) is 0.517. The maximum Gasteiger partial charge on any atom is 0.407 e. The van der Waals surface area contributed by atoms with Gasteiger partial charge in [-0.1, -0.05) is 66.7 Å². The molecule has 0 bridgehead atoms. The Kier molecular flexibility index (Phi) is 6.20. The molecule has 0 aromatic heterocycles. The molecule has 0 heterocycles. The van der Waals surface area contributed by atoms with Crippen LogP contribution in [0.2, 0.25) is 0 Å². The van der Waals surface area contributed by atoms with Crippen LogP contribution in [0.15, 0.2) is 60.7 Å². The van der Waals surface area contributed by atoms with Gasteiger partial charge in [-0.15, -0.1) is 0 Å². The molecule has 4 heteroatoms. The predicted octanol–water partition coefficient (Wildman–Crippen LogP) is 4.61. The Morgan fingerprint density at radius 2 is 1.77 bits per heavy atom. The van der Waals surface area contributed by atoms with Gasteiger partial charge in [-0.25, -0.2) is 4.79 Å². The number of Topliss-reactive ketones (excluding diaryl/α,β-unsaturated/α-hetero) is 1. The van der Waals surface area contributed by atoms with Crippen LogP contribution in [-0.4, -0.2) is 18.4 Å². The largest absolute Gasteiger partial charge is 0.445 e. The first-order chi connectivity index (χ1) is 12.7. The third-order valence-electron chi connectivity index (χ3n) is 4.25. The Balaban J connectivity index is 1.33. The van der Waals surface area contributed by atoms with E-state index in [9.17, 15) is 9.59 Å². The van der Waals surface area contributed by atoms with Crippen LogP contribution in [0, 0.1) is 5.92 Å². The molecular formula is C22H23NO3. The molecule has 2 aromatic carbocycles. The zero-order valence-corrected chi connectivity index (χ0v) is 14.7. The maximum absolute atomic E-state index is 12.0. The van der Waals surface area contributed by atoms with Crippen molar-refractivity contribution >= 4 is 18.0 Å². The van der Waals surface area contributed by atoms with Gasteiger partial charge in [-0.3, -0.25) is 4.79 Å². The van der Waals surface area contributed by atoms with E-state index in [1.54, 1.807) is 0 Å². The lowest BCUT2D eigenvalue weighted by Gasteiger charge is -2.05. The summed E-state index contributed by atoms with van der Waals surface area (Å²) in [4.78, 5) is 23.6. The number of amides is 1. The highest BCUT2D eigenvalue weighted by Gasteiger charge is 2.30. The summed E-state index contributed by atoms with van der Waals surface area (Å²) in [5.41, 5.74) is 2.81. The standard InChI is InChI=1S/C22H23NO3/c24-21(20-13-14-20)19-11-9-17(10-12-19)6-4-5-15-23-22(25)26-16-18-7-2-1-3-8-18/h1-4,6-12,20H,5,13-16H2,(H,23,25). The molecule has 4 nitrogen and oxygen atoms in total. The van der Waals surface area contributed by atoms with E-state index in [4.69, 9.17) is 4.74 Å². The molecule has 1 fully saturated rings. The summed E-state index contributed by atoms with van der Waals surface area (Å²) in [6.45, 7) is 0.789. The molecule has 0 radical (unpaired) electrons. The summed E-state index contributed by atoms with van der Waals surface area (Å²) in [5, 5.41) is 2.73. The topological polar surface area (TPSA) is 55.4 Å². The van der Waals surface area contributed by atoms with Crippen LogP contribution in [0.3, 0.4) is 0 Å². The smallest absolute Gasteiger partial charge is 0.407 e. The van der Waals surface area contributed by atoms with Crippen molar-refractivity contribution in [3.63, 3.8) is 0 Å². The van der Waals surface area contributed by atoms with Gasteiger partial charge in [0.05, 0.1) is 0 Å². The monoisotopic (exact) mass is 349 g/mol. The number of carbonyl (C=O) groups excluding carboxylic acids is 2. The highest BCUT2D eigenvalue weighted by molar-refractivity contribution is 5.99. The van der Waals surface area contributed by atoms with E-state index in [1.807, 2.05) is 66.7 Å². The van der Waals surface area contributed by atoms with Crippen molar-refractivity contribution in [2.24, 2.45) is 5.92 Å². The normalized spacial score (nSPS) is 13.5. The number of ether oxygens (including phenoxy) is 1. The van der Waals surface area contributed by atoms with Gasteiger partial charge in [0.25, 0.3) is 0 Å². The predicted molar refractivity (Wildman–Crippen MR) is 102 cm³/mol. The molecule has 1 saturated carbocycles. The number of alkyl carbamates (subject to hydrolysis) is 1. The summed E-state index contributed by atoms with van der Waals surface area (Å²) in [7, 11) is 0. The van der Waals surface area contributed by atoms with Crippen LogP contribution in [0.5, 0.6) is 0 Å². The average molecular weight is 349 g/mol. The van der Waals surface area contributed by atoms with Crippen molar-refractivity contribution in [3.8, 4) is 0 Å². The number of nitrogens with one attached hydrogen (secondary N) is 1. The Morgan fingerprint density at radius 3 is 2.46 bits per heavy atom. The Morgan fingerprint density at radius 1 is 1.04 bits per heavy atom. The van der Waals surface area contributed by atoms with E-state index in [2.05, 4.69) is 5.32 Å². The first-order valence-electron chi connectivity index (χ1n) is 8.98. The van der Waals surface area contributed by atoms with Crippen LogP contribution in [0.4, 0.5) is 4.79 Å². The zero-order valence-electron chi connectivity index (χ0n) is 14.7. The second-order valence-electron chi connectivity index (χ2n) is 6.44. The molecule has 1 N–H and O–H groups in total. The molecule has 2 aromatic rings. The second-order valence-corrected chi connectivity index (χ2v) is 6.44. The minimum atomic E-state index is -0.412.